The van der Waals surface area contributed by atoms with E-state index in [1.807, 2.05) is 30.3 Å². The van der Waals surface area contributed by atoms with Crippen molar-refractivity contribution in [2.75, 3.05) is 33.4 Å². The van der Waals surface area contributed by atoms with Crippen LogP contribution in [0.25, 0.3) is 10.2 Å². The van der Waals surface area contributed by atoms with Crippen molar-refractivity contribution in [3.63, 3.8) is 0 Å². The van der Waals surface area contributed by atoms with Crippen molar-refractivity contribution in [2.24, 2.45) is 5.92 Å². The molecule has 178 valence electrons. The van der Waals surface area contributed by atoms with Gasteiger partial charge >= 0.3 is 0 Å². The number of aromatic nitrogens is 2. The molecule has 2 heterocycles. The smallest absolute Gasteiger partial charge is 0.259 e. The molecule has 2 atom stereocenters. The lowest BCUT2D eigenvalue weighted by atomic mass is 9.89. The number of hydrogen-bond donors (Lipinski definition) is 2. The number of aromatic amines is 1. The summed E-state index contributed by atoms with van der Waals surface area (Å²) in [4.78, 5) is 25.0. The molecule has 0 fully saturated rings. The molecule has 8 heteroatoms. The molecule has 1 aliphatic carbocycles. The van der Waals surface area contributed by atoms with Gasteiger partial charge in [0.15, 0.2) is 0 Å². The number of para-hydroxylation sites is 1. The first-order chi connectivity index (χ1) is 16.0. The summed E-state index contributed by atoms with van der Waals surface area (Å²) in [6.07, 6.45) is 3.26. The second-order valence-electron chi connectivity index (χ2n) is 8.90. The molecule has 0 radical (unpaired) electrons. The average Bonchev–Trinajstić information content (AvgIpc) is 3.16. The Balaban J connectivity index is 1.46. The van der Waals surface area contributed by atoms with Crippen molar-refractivity contribution < 1.29 is 14.6 Å². The molecule has 33 heavy (non-hydrogen) atoms. The lowest BCUT2D eigenvalue weighted by Crippen LogP contribution is -2.37. The van der Waals surface area contributed by atoms with Gasteiger partial charge in [0.1, 0.15) is 29.1 Å². The Kier molecular flexibility index (Phi) is 8.14. The SMILES string of the molecule is COCCCN(Cc1nc2sc3c(c2c(=O)[nH]1)CC[C@H](C)C3)C[C@@H](O)COc1ccccc1. The Morgan fingerprint density at radius 1 is 1.33 bits per heavy atom. The van der Waals surface area contributed by atoms with E-state index in [4.69, 9.17) is 14.5 Å². The minimum Gasteiger partial charge on any atom is -0.491 e. The van der Waals surface area contributed by atoms with Crippen LogP contribution >= 0.6 is 11.3 Å². The van der Waals surface area contributed by atoms with Crippen LogP contribution in [0, 0.1) is 5.92 Å². The summed E-state index contributed by atoms with van der Waals surface area (Å²) >= 11 is 1.66. The zero-order chi connectivity index (χ0) is 23.2. The van der Waals surface area contributed by atoms with E-state index in [-0.39, 0.29) is 12.2 Å². The zero-order valence-corrected chi connectivity index (χ0v) is 20.2. The number of fused-ring (bicyclic) bond motifs is 3. The Morgan fingerprint density at radius 2 is 2.15 bits per heavy atom. The Bertz CT molecular complexity index is 1100. The van der Waals surface area contributed by atoms with Crippen LogP contribution in [0.4, 0.5) is 0 Å². The van der Waals surface area contributed by atoms with E-state index in [1.54, 1.807) is 18.4 Å². The van der Waals surface area contributed by atoms with Crippen molar-refractivity contribution in [1.82, 2.24) is 14.9 Å². The summed E-state index contributed by atoms with van der Waals surface area (Å²) < 4.78 is 10.9. The van der Waals surface area contributed by atoms with Crippen molar-refractivity contribution in [3.8, 4) is 5.75 Å². The van der Waals surface area contributed by atoms with Gasteiger partial charge in [0, 0.05) is 31.7 Å². The number of thiophene rings is 1. The van der Waals surface area contributed by atoms with Gasteiger partial charge in [-0.3, -0.25) is 9.69 Å². The molecular formula is C25H33N3O4S. The summed E-state index contributed by atoms with van der Waals surface area (Å²) in [6, 6.07) is 9.47. The lowest BCUT2D eigenvalue weighted by molar-refractivity contribution is 0.0609. The molecule has 1 aliphatic rings. The van der Waals surface area contributed by atoms with Gasteiger partial charge in [-0.15, -0.1) is 11.3 Å². The summed E-state index contributed by atoms with van der Waals surface area (Å²) in [6.45, 7) is 4.68. The van der Waals surface area contributed by atoms with Gasteiger partial charge in [0.2, 0.25) is 0 Å². The third-order valence-electron chi connectivity index (χ3n) is 6.07. The van der Waals surface area contributed by atoms with E-state index in [2.05, 4.69) is 16.8 Å². The maximum Gasteiger partial charge on any atom is 0.259 e. The van der Waals surface area contributed by atoms with E-state index in [0.717, 1.165) is 48.2 Å². The van der Waals surface area contributed by atoms with E-state index in [0.29, 0.717) is 31.4 Å². The van der Waals surface area contributed by atoms with Gasteiger partial charge < -0.3 is 19.6 Å². The van der Waals surface area contributed by atoms with Crippen LogP contribution in [0.2, 0.25) is 0 Å². The number of aliphatic hydroxyl groups is 1. The van der Waals surface area contributed by atoms with E-state index in [1.165, 1.54) is 10.4 Å². The number of methoxy groups -OCH3 is 1. The van der Waals surface area contributed by atoms with Gasteiger partial charge in [-0.1, -0.05) is 25.1 Å². The molecule has 0 amide bonds. The van der Waals surface area contributed by atoms with Crippen LogP contribution in [0.15, 0.2) is 35.1 Å². The van der Waals surface area contributed by atoms with Crippen LogP contribution in [0.5, 0.6) is 5.75 Å². The van der Waals surface area contributed by atoms with Crippen molar-refractivity contribution in [2.45, 2.75) is 45.3 Å². The molecule has 0 spiro atoms. The largest absolute Gasteiger partial charge is 0.491 e. The molecule has 2 N–H and O–H groups in total. The Hall–Kier alpha value is -2.26. The standard InChI is InChI=1S/C25H33N3O4S/c1-17-9-10-20-21(13-17)33-25-23(20)24(30)26-22(27-25)15-28(11-6-12-31-2)14-18(29)16-32-19-7-4-3-5-8-19/h3-5,7-8,17-18,29H,6,9-16H2,1-2H3,(H,26,27,30)/t17-,18+/m0/s1. The molecule has 0 bridgehead atoms. The molecular weight excluding hydrogens is 438 g/mol. The first-order valence-corrected chi connectivity index (χ1v) is 12.5. The molecule has 0 saturated carbocycles. The second-order valence-corrected chi connectivity index (χ2v) is 9.99. The fourth-order valence-electron chi connectivity index (χ4n) is 4.41. The second kappa shape index (κ2) is 11.2. The molecule has 7 nitrogen and oxygen atoms in total. The van der Waals surface area contributed by atoms with Gasteiger partial charge in [0.05, 0.1) is 11.9 Å². The van der Waals surface area contributed by atoms with Crippen LogP contribution in [0.1, 0.15) is 36.0 Å². The highest BCUT2D eigenvalue weighted by Gasteiger charge is 2.23. The quantitative estimate of drug-likeness (QED) is 0.417. The number of benzene rings is 1. The van der Waals surface area contributed by atoms with E-state index >= 15 is 0 Å². The normalized spacial score (nSPS) is 16.8. The van der Waals surface area contributed by atoms with Crippen LogP contribution in [-0.2, 0) is 24.1 Å². The maximum atomic E-state index is 12.9. The number of nitrogens with zero attached hydrogens (tertiary/aromatic N) is 2. The molecule has 3 aromatic rings. The summed E-state index contributed by atoms with van der Waals surface area (Å²) in [5.41, 5.74) is 1.14. The van der Waals surface area contributed by atoms with Crippen LogP contribution in [-0.4, -0.2) is 59.5 Å². The fourth-order valence-corrected chi connectivity index (χ4v) is 5.81. The highest BCUT2D eigenvalue weighted by Crippen LogP contribution is 2.35. The monoisotopic (exact) mass is 471 g/mol. The molecule has 1 aromatic carbocycles. The first-order valence-electron chi connectivity index (χ1n) is 11.6. The summed E-state index contributed by atoms with van der Waals surface area (Å²) in [5.74, 6) is 2.02. The maximum absolute atomic E-state index is 12.9. The number of nitrogens with one attached hydrogen (secondary N) is 1. The highest BCUT2D eigenvalue weighted by atomic mass is 32.1. The first kappa shape index (κ1) is 23.9. The average molecular weight is 472 g/mol. The number of ether oxygens (including phenoxy) is 2. The Morgan fingerprint density at radius 3 is 2.94 bits per heavy atom. The van der Waals surface area contributed by atoms with Crippen molar-refractivity contribution >= 4 is 21.6 Å². The minimum absolute atomic E-state index is 0.0492. The number of hydrogen-bond acceptors (Lipinski definition) is 7. The fraction of sp³-hybridized carbons (Fsp3) is 0.520. The van der Waals surface area contributed by atoms with Gasteiger partial charge in [-0.25, -0.2) is 4.98 Å². The molecule has 0 unspecified atom stereocenters. The van der Waals surface area contributed by atoms with E-state index in [9.17, 15) is 9.90 Å². The van der Waals surface area contributed by atoms with Gasteiger partial charge in [-0.05, 0) is 49.3 Å². The number of H-pyrrole nitrogens is 1. The van der Waals surface area contributed by atoms with Crippen LogP contribution < -0.4 is 10.3 Å². The summed E-state index contributed by atoms with van der Waals surface area (Å²) in [7, 11) is 1.68. The molecule has 0 saturated heterocycles. The lowest BCUT2D eigenvalue weighted by Gasteiger charge is -2.24. The molecule has 2 aromatic heterocycles. The topological polar surface area (TPSA) is 87.7 Å². The predicted molar refractivity (Wildman–Crippen MR) is 131 cm³/mol. The Labute approximate surface area is 198 Å². The molecule has 4 rings (SSSR count). The third-order valence-corrected chi connectivity index (χ3v) is 7.21. The van der Waals surface area contributed by atoms with E-state index < -0.39 is 6.10 Å². The summed E-state index contributed by atoms with van der Waals surface area (Å²) in [5, 5.41) is 11.4. The number of rotatable bonds is 11. The highest BCUT2D eigenvalue weighted by molar-refractivity contribution is 7.18. The minimum atomic E-state index is -0.668. The van der Waals surface area contributed by atoms with Crippen molar-refractivity contribution in [1.29, 1.82) is 0 Å². The zero-order valence-electron chi connectivity index (χ0n) is 19.4. The van der Waals surface area contributed by atoms with Gasteiger partial charge in [0.25, 0.3) is 5.56 Å². The number of aliphatic hydroxyl groups excluding tert-OH is 1. The molecule has 0 aliphatic heterocycles. The predicted octanol–water partition coefficient (Wildman–Crippen LogP) is 3.39. The van der Waals surface area contributed by atoms with Crippen molar-refractivity contribution in [3.05, 3.63) is 57.0 Å². The van der Waals surface area contributed by atoms with Gasteiger partial charge in [-0.2, -0.15) is 0 Å². The number of aryl methyl sites for hydroxylation is 1. The van der Waals surface area contributed by atoms with Crippen LogP contribution in [0.3, 0.4) is 0 Å². The third kappa shape index (κ3) is 6.20.